The van der Waals surface area contributed by atoms with Crippen molar-refractivity contribution >= 4 is 11.9 Å². The van der Waals surface area contributed by atoms with Crippen LogP contribution in [0.15, 0.2) is 35.5 Å². The lowest BCUT2D eigenvalue weighted by molar-refractivity contribution is -0.151. The summed E-state index contributed by atoms with van der Waals surface area (Å²) in [6.45, 7) is 15.0. The van der Waals surface area contributed by atoms with Crippen molar-refractivity contribution in [2.45, 2.75) is 84.7 Å². The smallest absolute Gasteiger partial charge is 0.333 e. The van der Waals surface area contributed by atoms with Crippen LogP contribution in [0.1, 0.15) is 60.8 Å². The van der Waals surface area contributed by atoms with E-state index in [0.29, 0.717) is 12.0 Å². The van der Waals surface area contributed by atoms with Crippen molar-refractivity contribution in [1.29, 1.82) is 0 Å². The Kier molecular flexibility index (Phi) is 6.68. The van der Waals surface area contributed by atoms with Crippen LogP contribution in [0.3, 0.4) is 0 Å². The Labute approximate surface area is 162 Å². The number of epoxide rings is 1. The van der Waals surface area contributed by atoms with Crippen molar-refractivity contribution in [3.05, 3.63) is 35.5 Å². The van der Waals surface area contributed by atoms with E-state index in [9.17, 15) is 9.59 Å². The minimum absolute atomic E-state index is 0.00389. The number of carbonyl (C=O) groups excluding carboxylic acids is 2. The van der Waals surface area contributed by atoms with Crippen molar-refractivity contribution < 1.29 is 23.8 Å². The molecule has 2 rings (SSSR count). The van der Waals surface area contributed by atoms with E-state index in [0.717, 1.165) is 18.4 Å². The summed E-state index contributed by atoms with van der Waals surface area (Å²) in [5.74, 6) is -0.691. The average Bonchev–Trinajstić information content (AvgIpc) is 3.28. The molecule has 1 fully saturated rings. The Morgan fingerprint density at radius 2 is 1.96 bits per heavy atom. The van der Waals surface area contributed by atoms with Gasteiger partial charge in [-0.1, -0.05) is 29.9 Å². The highest BCUT2D eigenvalue weighted by Gasteiger charge is 2.64. The zero-order valence-electron chi connectivity index (χ0n) is 17.3. The van der Waals surface area contributed by atoms with E-state index in [1.54, 1.807) is 19.9 Å². The maximum Gasteiger partial charge on any atom is 0.333 e. The predicted octanol–water partition coefficient (Wildman–Crippen LogP) is 4.28. The zero-order valence-corrected chi connectivity index (χ0v) is 17.3. The molecule has 0 amide bonds. The van der Waals surface area contributed by atoms with E-state index in [1.165, 1.54) is 12.5 Å². The second-order valence-electron chi connectivity index (χ2n) is 7.94. The maximum absolute atomic E-state index is 12.3. The van der Waals surface area contributed by atoms with Gasteiger partial charge in [0.15, 0.2) is 0 Å². The summed E-state index contributed by atoms with van der Waals surface area (Å²) in [5, 5.41) is 0. The topological polar surface area (TPSA) is 65.1 Å². The molecule has 5 atom stereocenters. The third kappa shape index (κ3) is 4.89. The molecule has 0 aromatic rings. The number of hydrogen-bond donors (Lipinski definition) is 0. The first-order chi connectivity index (χ1) is 12.6. The molecule has 5 nitrogen and oxygen atoms in total. The van der Waals surface area contributed by atoms with Crippen molar-refractivity contribution in [2.24, 2.45) is 5.92 Å². The molecule has 27 heavy (non-hydrogen) atoms. The second-order valence-corrected chi connectivity index (χ2v) is 7.94. The van der Waals surface area contributed by atoms with Gasteiger partial charge in [0.2, 0.25) is 0 Å². The highest BCUT2D eigenvalue weighted by atomic mass is 16.7. The van der Waals surface area contributed by atoms with Gasteiger partial charge in [0.25, 0.3) is 0 Å². The molecule has 1 saturated heterocycles. The van der Waals surface area contributed by atoms with Crippen molar-refractivity contribution in [1.82, 2.24) is 0 Å². The Morgan fingerprint density at radius 3 is 2.52 bits per heavy atom. The Bertz CT molecular complexity index is 674. The summed E-state index contributed by atoms with van der Waals surface area (Å²) in [7, 11) is 0. The largest absolute Gasteiger partial charge is 0.459 e. The van der Waals surface area contributed by atoms with Crippen molar-refractivity contribution in [3.63, 3.8) is 0 Å². The van der Waals surface area contributed by atoms with Gasteiger partial charge in [-0.2, -0.15) is 0 Å². The number of allylic oxidation sites excluding steroid dienone is 2. The van der Waals surface area contributed by atoms with Gasteiger partial charge in [0.05, 0.1) is 0 Å². The van der Waals surface area contributed by atoms with Gasteiger partial charge in [-0.3, -0.25) is 4.79 Å². The SMILES string of the molecule is C=C(C)[C@@H]1CC/C(C)=C/C[C@H](OC(=O)/C(C)=C/C)[C@@]2(C)O[C@@H]2[C@@H]1OC(C)=O. The van der Waals surface area contributed by atoms with Crippen molar-refractivity contribution in [2.75, 3.05) is 0 Å². The zero-order chi connectivity index (χ0) is 20.4. The number of esters is 2. The third-order valence-electron chi connectivity index (χ3n) is 5.69. The summed E-state index contributed by atoms with van der Waals surface area (Å²) < 4.78 is 17.5. The molecule has 0 spiro atoms. The second kappa shape index (κ2) is 8.42. The molecule has 0 saturated carbocycles. The van der Waals surface area contributed by atoms with Crippen LogP contribution in [0.5, 0.6) is 0 Å². The Morgan fingerprint density at radius 1 is 1.30 bits per heavy atom. The predicted molar refractivity (Wildman–Crippen MR) is 104 cm³/mol. The molecule has 0 bridgehead atoms. The van der Waals surface area contributed by atoms with Gasteiger partial charge in [0, 0.05) is 24.8 Å². The fourth-order valence-corrected chi connectivity index (χ4v) is 3.66. The van der Waals surface area contributed by atoms with E-state index in [-0.39, 0.29) is 24.0 Å². The molecule has 5 heteroatoms. The lowest BCUT2D eigenvalue weighted by Crippen LogP contribution is -2.41. The molecule has 1 aliphatic heterocycles. The average molecular weight is 376 g/mol. The van der Waals surface area contributed by atoms with Crippen LogP contribution in [0.2, 0.25) is 0 Å². The van der Waals surface area contributed by atoms with Gasteiger partial charge < -0.3 is 14.2 Å². The Balaban J connectivity index is 2.36. The third-order valence-corrected chi connectivity index (χ3v) is 5.69. The van der Waals surface area contributed by atoms with Crippen LogP contribution < -0.4 is 0 Å². The van der Waals surface area contributed by atoms with Crippen LogP contribution >= 0.6 is 0 Å². The van der Waals surface area contributed by atoms with Gasteiger partial charge >= 0.3 is 11.9 Å². The minimum Gasteiger partial charge on any atom is -0.459 e. The lowest BCUT2D eigenvalue weighted by Gasteiger charge is -2.30. The molecule has 1 heterocycles. The first-order valence-corrected chi connectivity index (χ1v) is 9.60. The molecular formula is C22H32O5. The normalized spacial score (nSPS) is 35.9. The molecule has 2 aliphatic rings. The van der Waals surface area contributed by atoms with E-state index in [4.69, 9.17) is 14.2 Å². The minimum atomic E-state index is -0.689. The summed E-state index contributed by atoms with van der Waals surface area (Å²) in [5.41, 5.74) is 2.05. The summed E-state index contributed by atoms with van der Waals surface area (Å²) in [6.07, 6.45) is 4.94. The number of ether oxygens (including phenoxy) is 3. The number of hydrogen-bond acceptors (Lipinski definition) is 5. The number of fused-ring (bicyclic) bond motifs is 1. The van der Waals surface area contributed by atoms with Gasteiger partial charge in [-0.15, -0.1) is 0 Å². The fourth-order valence-electron chi connectivity index (χ4n) is 3.66. The van der Waals surface area contributed by atoms with Crippen LogP contribution in [0, 0.1) is 5.92 Å². The van der Waals surface area contributed by atoms with Crippen molar-refractivity contribution in [3.8, 4) is 0 Å². The van der Waals surface area contributed by atoms with E-state index < -0.39 is 17.8 Å². The molecule has 0 aromatic carbocycles. The van der Waals surface area contributed by atoms with Crippen LogP contribution in [-0.2, 0) is 23.8 Å². The quantitative estimate of drug-likeness (QED) is 0.317. The highest BCUT2D eigenvalue weighted by molar-refractivity contribution is 5.87. The van der Waals surface area contributed by atoms with Gasteiger partial charge in [0.1, 0.15) is 23.9 Å². The molecular weight excluding hydrogens is 344 g/mol. The summed E-state index contributed by atoms with van der Waals surface area (Å²) in [6, 6.07) is 0. The summed E-state index contributed by atoms with van der Waals surface area (Å²) >= 11 is 0. The van der Waals surface area contributed by atoms with Gasteiger partial charge in [-0.25, -0.2) is 4.79 Å². The molecule has 1 aliphatic carbocycles. The van der Waals surface area contributed by atoms with Crippen LogP contribution in [0.25, 0.3) is 0 Å². The molecule has 0 aromatic heterocycles. The standard InChI is InChI=1S/C22H32O5/c1-8-15(5)21(24)26-18-12-10-14(4)9-11-17(13(2)3)19(25-16(6)23)20-22(18,7)27-20/h8,10,17-20H,2,9,11-12H2,1,3-7H3/b14-10+,15-8+/t17-,18-,19+,20+,22+/m0/s1. The van der Waals surface area contributed by atoms with Crippen LogP contribution in [0.4, 0.5) is 0 Å². The van der Waals surface area contributed by atoms with E-state index in [2.05, 4.69) is 19.6 Å². The highest BCUT2D eigenvalue weighted by Crippen LogP contribution is 2.48. The number of carbonyl (C=O) groups is 2. The maximum atomic E-state index is 12.3. The monoisotopic (exact) mass is 376 g/mol. The summed E-state index contributed by atoms with van der Waals surface area (Å²) in [4.78, 5) is 24.1. The fraction of sp³-hybridized carbons (Fsp3) is 0.636. The molecule has 0 N–H and O–H groups in total. The Hall–Kier alpha value is -1.88. The number of rotatable bonds is 4. The van der Waals surface area contributed by atoms with E-state index >= 15 is 0 Å². The first kappa shape index (κ1) is 21.4. The lowest BCUT2D eigenvalue weighted by atomic mass is 9.81. The van der Waals surface area contributed by atoms with Crippen LogP contribution in [-0.4, -0.2) is 35.9 Å². The molecule has 0 unspecified atom stereocenters. The van der Waals surface area contributed by atoms with E-state index in [1.807, 2.05) is 13.8 Å². The van der Waals surface area contributed by atoms with Gasteiger partial charge in [-0.05, 0) is 47.5 Å². The molecule has 150 valence electrons. The molecule has 0 radical (unpaired) electrons. The first-order valence-electron chi connectivity index (χ1n) is 9.60.